The first-order valence-corrected chi connectivity index (χ1v) is 12.7. The third-order valence-electron chi connectivity index (χ3n) is 4.42. The van der Waals surface area contributed by atoms with E-state index in [1.807, 2.05) is 6.92 Å². The van der Waals surface area contributed by atoms with Crippen LogP contribution in [0.3, 0.4) is 0 Å². The van der Waals surface area contributed by atoms with Gasteiger partial charge < -0.3 is 5.32 Å². The fraction of sp³-hybridized carbons (Fsp3) is 0.471. The third-order valence-corrected chi connectivity index (χ3v) is 8.91. The molecule has 1 N–H and O–H groups in total. The number of anilines is 1. The monoisotopic (exact) mass is 414 g/mol. The number of sulfone groups is 2. The summed E-state index contributed by atoms with van der Waals surface area (Å²) in [6, 6.07) is 6.61. The third kappa shape index (κ3) is 4.10. The Kier molecular flexibility index (Phi) is 5.41. The molecule has 1 aliphatic rings. The van der Waals surface area contributed by atoms with E-state index in [0.29, 0.717) is 5.00 Å². The van der Waals surface area contributed by atoms with Gasteiger partial charge in [0.15, 0.2) is 5.03 Å². The van der Waals surface area contributed by atoms with Crippen LogP contribution in [0, 0.1) is 6.92 Å². The Morgan fingerprint density at radius 2 is 1.65 bits per heavy atom. The number of nitrogens with zero attached hydrogens (tertiary/aromatic N) is 1. The molecule has 26 heavy (non-hydrogen) atoms. The minimum Gasteiger partial charge on any atom is -0.372 e. The van der Waals surface area contributed by atoms with E-state index in [9.17, 15) is 16.8 Å². The van der Waals surface area contributed by atoms with Crippen LogP contribution in [-0.2, 0) is 19.7 Å². The van der Waals surface area contributed by atoms with E-state index in [-0.39, 0.29) is 20.3 Å². The molecule has 0 saturated heterocycles. The zero-order chi connectivity index (χ0) is 18.9. The van der Waals surface area contributed by atoms with Crippen LogP contribution in [0.25, 0.3) is 0 Å². The lowest BCUT2D eigenvalue weighted by Gasteiger charge is -2.23. The van der Waals surface area contributed by atoms with Gasteiger partial charge in [0.2, 0.25) is 24.0 Å². The molecule has 2 aromatic rings. The number of aryl methyl sites for hydroxylation is 1. The number of hydrogen-bond acceptors (Lipinski definition) is 7. The highest BCUT2D eigenvalue weighted by atomic mass is 32.2. The van der Waals surface area contributed by atoms with Crippen molar-refractivity contribution in [3.8, 4) is 0 Å². The summed E-state index contributed by atoms with van der Waals surface area (Å²) < 4.78 is 49.8. The lowest BCUT2D eigenvalue weighted by Crippen LogP contribution is -2.22. The summed E-state index contributed by atoms with van der Waals surface area (Å²) in [4.78, 5) is 4.11. The number of aromatic nitrogens is 1. The first-order valence-electron chi connectivity index (χ1n) is 8.47. The summed E-state index contributed by atoms with van der Waals surface area (Å²) >= 11 is 0.895. The maximum atomic E-state index is 13.1. The highest BCUT2D eigenvalue weighted by Gasteiger charge is 2.30. The molecule has 3 rings (SSSR count). The second kappa shape index (κ2) is 7.28. The Morgan fingerprint density at radius 3 is 2.23 bits per heavy atom. The second-order valence-electron chi connectivity index (χ2n) is 6.68. The van der Waals surface area contributed by atoms with Crippen LogP contribution in [0.1, 0.15) is 37.7 Å². The van der Waals surface area contributed by atoms with Crippen molar-refractivity contribution >= 4 is 36.0 Å². The minimum atomic E-state index is -3.90. The van der Waals surface area contributed by atoms with E-state index in [4.69, 9.17) is 0 Å². The van der Waals surface area contributed by atoms with Crippen LogP contribution in [0.5, 0.6) is 0 Å². The van der Waals surface area contributed by atoms with Crippen molar-refractivity contribution in [3.63, 3.8) is 0 Å². The van der Waals surface area contributed by atoms with Gasteiger partial charge in [-0.05, 0) is 31.9 Å². The highest BCUT2D eigenvalue weighted by molar-refractivity contribution is 7.93. The van der Waals surface area contributed by atoms with Gasteiger partial charge in [-0.15, -0.1) is 0 Å². The van der Waals surface area contributed by atoms with E-state index in [1.54, 1.807) is 12.1 Å². The standard InChI is InChI=1S/C17H22N2O4S3/c1-12-8-10-14(11-9-12)26(22,23)16-15(18-13-6-4-3-5-7-13)24-17(19-16)25(2,20)21/h8-11,13,18H,3-7H2,1-2H3. The van der Waals surface area contributed by atoms with Gasteiger partial charge in [0.05, 0.1) is 4.90 Å². The molecule has 0 atom stereocenters. The van der Waals surface area contributed by atoms with Crippen molar-refractivity contribution in [1.82, 2.24) is 4.98 Å². The minimum absolute atomic E-state index is 0.111. The number of benzene rings is 1. The van der Waals surface area contributed by atoms with Gasteiger partial charge in [0.1, 0.15) is 5.00 Å². The molecule has 0 radical (unpaired) electrons. The molecule has 0 unspecified atom stereocenters. The van der Waals surface area contributed by atoms with E-state index < -0.39 is 19.7 Å². The number of hydrogen-bond donors (Lipinski definition) is 1. The Balaban J connectivity index is 2.06. The van der Waals surface area contributed by atoms with Crippen molar-refractivity contribution in [2.24, 2.45) is 0 Å². The molecule has 1 heterocycles. The van der Waals surface area contributed by atoms with E-state index in [0.717, 1.165) is 48.8 Å². The van der Waals surface area contributed by atoms with Gasteiger partial charge in [-0.3, -0.25) is 0 Å². The van der Waals surface area contributed by atoms with Gasteiger partial charge in [0.25, 0.3) is 0 Å². The molecule has 1 saturated carbocycles. The summed E-state index contributed by atoms with van der Waals surface area (Å²) in [7, 11) is -7.50. The van der Waals surface area contributed by atoms with Crippen molar-refractivity contribution in [3.05, 3.63) is 29.8 Å². The summed E-state index contributed by atoms with van der Waals surface area (Å²) in [5.74, 6) is 0. The molecule has 0 amide bonds. The second-order valence-corrected chi connectivity index (χ2v) is 11.7. The van der Waals surface area contributed by atoms with Crippen LogP contribution >= 0.6 is 11.3 Å². The Bertz CT molecular complexity index is 987. The van der Waals surface area contributed by atoms with Crippen molar-refractivity contribution < 1.29 is 16.8 Å². The number of nitrogens with one attached hydrogen (secondary N) is 1. The van der Waals surface area contributed by atoms with Gasteiger partial charge >= 0.3 is 0 Å². The average molecular weight is 415 g/mol. The van der Waals surface area contributed by atoms with Crippen LogP contribution in [-0.4, -0.2) is 34.1 Å². The summed E-state index contributed by atoms with van der Waals surface area (Å²) in [6.07, 6.45) is 6.25. The predicted octanol–water partition coefficient (Wildman–Crippen LogP) is 3.43. The lowest BCUT2D eigenvalue weighted by atomic mass is 9.96. The fourth-order valence-electron chi connectivity index (χ4n) is 2.98. The molecule has 0 spiro atoms. The topological polar surface area (TPSA) is 93.2 Å². The van der Waals surface area contributed by atoms with Crippen LogP contribution < -0.4 is 5.32 Å². The maximum Gasteiger partial charge on any atom is 0.226 e. The van der Waals surface area contributed by atoms with Crippen molar-refractivity contribution in [1.29, 1.82) is 0 Å². The molecular formula is C17H22N2O4S3. The van der Waals surface area contributed by atoms with E-state index >= 15 is 0 Å². The van der Waals surface area contributed by atoms with Crippen LogP contribution in [0.15, 0.2) is 38.5 Å². The molecular weight excluding hydrogens is 392 g/mol. The summed E-state index contributed by atoms with van der Waals surface area (Å²) in [6.45, 7) is 1.87. The average Bonchev–Trinajstić information content (AvgIpc) is 3.01. The van der Waals surface area contributed by atoms with Crippen molar-refractivity contribution in [2.45, 2.75) is 59.3 Å². The maximum absolute atomic E-state index is 13.1. The lowest BCUT2D eigenvalue weighted by molar-refractivity contribution is 0.462. The molecule has 1 fully saturated rings. The van der Waals surface area contributed by atoms with Gasteiger partial charge in [-0.2, -0.15) is 0 Å². The molecule has 142 valence electrons. The Hall–Kier alpha value is -1.45. The Morgan fingerprint density at radius 1 is 1.04 bits per heavy atom. The van der Waals surface area contributed by atoms with Crippen LogP contribution in [0.2, 0.25) is 0 Å². The molecule has 0 aliphatic heterocycles. The number of rotatable bonds is 5. The normalized spacial score (nSPS) is 16.5. The molecule has 6 nitrogen and oxygen atoms in total. The molecule has 1 aliphatic carbocycles. The molecule has 1 aromatic heterocycles. The number of thiazole rings is 1. The predicted molar refractivity (Wildman–Crippen MR) is 102 cm³/mol. The van der Waals surface area contributed by atoms with E-state index in [2.05, 4.69) is 10.3 Å². The molecule has 0 bridgehead atoms. The summed E-state index contributed by atoms with van der Waals surface area (Å²) in [5.41, 5.74) is 0.944. The highest BCUT2D eigenvalue weighted by Crippen LogP contribution is 2.36. The fourth-order valence-corrected chi connectivity index (χ4v) is 6.57. The largest absolute Gasteiger partial charge is 0.372 e. The first kappa shape index (κ1) is 19.3. The van der Waals surface area contributed by atoms with Gasteiger partial charge in [-0.1, -0.05) is 48.3 Å². The Labute approximate surface area is 158 Å². The van der Waals surface area contributed by atoms with E-state index in [1.165, 1.54) is 18.6 Å². The van der Waals surface area contributed by atoms with Gasteiger partial charge in [-0.25, -0.2) is 21.8 Å². The summed E-state index contributed by atoms with van der Waals surface area (Å²) in [5, 5.41) is 3.36. The quantitative estimate of drug-likeness (QED) is 0.806. The van der Waals surface area contributed by atoms with Crippen molar-refractivity contribution in [2.75, 3.05) is 11.6 Å². The molecule has 1 aromatic carbocycles. The molecule has 9 heteroatoms. The zero-order valence-electron chi connectivity index (χ0n) is 14.7. The smallest absolute Gasteiger partial charge is 0.226 e. The van der Waals surface area contributed by atoms with Gasteiger partial charge in [0, 0.05) is 12.3 Å². The zero-order valence-corrected chi connectivity index (χ0v) is 17.2. The van der Waals surface area contributed by atoms with Crippen LogP contribution in [0.4, 0.5) is 5.00 Å². The SMILES string of the molecule is Cc1ccc(S(=O)(=O)c2nc(S(C)(=O)=O)sc2NC2CCCCC2)cc1. The first-order chi connectivity index (χ1) is 12.2.